The van der Waals surface area contributed by atoms with Gasteiger partial charge in [-0.3, -0.25) is 0 Å². The van der Waals surface area contributed by atoms with Crippen LogP contribution in [0.2, 0.25) is 0 Å². The van der Waals surface area contributed by atoms with E-state index in [1.54, 1.807) is 6.33 Å². The number of imidazole rings is 1. The fourth-order valence-electron chi connectivity index (χ4n) is 3.05. The molecule has 160 valence electrons. The highest BCUT2D eigenvalue weighted by Gasteiger charge is 2.28. The minimum Gasteiger partial charge on any atom is -0.465 e. The second-order valence-electron chi connectivity index (χ2n) is 8.06. The summed E-state index contributed by atoms with van der Waals surface area (Å²) in [6, 6.07) is 8.12. The molecule has 0 spiro atoms. The van der Waals surface area contributed by atoms with Gasteiger partial charge in [-0.1, -0.05) is 48.8 Å². The van der Waals surface area contributed by atoms with Gasteiger partial charge in [0.05, 0.1) is 12.9 Å². The third-order valence-corrected chi connectivity index (χ3v) is 5.10. The van der Waals surface area contributed by atoms with Gasteiger partial charge in [-0.2, -0.15) is 9.97 Å². The highest BCUT2D eigenvalue weighted by molar-refractivity contribution is 9.10. The van der Waals surface area contributed by atoms with Crippen LogP contribution in [0.3, 0.4) is 0 Å². The summed E-state index contributed by atoms with van der Waals surface area (Å²) in [6.45, 7) is 6.86. The van der Waals surface area contributed by atoms with Crippen LogP contribution in [-0.2, 0) is 6.54 Å². The highest BCUT2D eigenvalue weighted by Crippen LogP contribution is 2.27. The third-order valence-electron chi connectivity index (χ3n) is 4.61. The van der Waals surface area contributed by atoms with Gasteiger partial charge < -0.3 is 25.5 Å². The standard InChI is InChI=1S/C20H25BrN6O3/c1-20(2,3)14(7-8-23-19(28)29)30-18-25-16(22)15-17(26-18)27(11-24-15)10-12-5-4-6-13(21)9-12/h4-6,9,11,14,23H,7-8,10H2,1-3H3,(H,28,29)(H2,22,25,26). The predicted octanol–water partition coefficient (Wildman–Crippen LogP) is 3.67. The first-order chi connectivity index (χ1) is 14.1. The van der Waals surface area contributed by atoms with Crippen LogP contribution in [-0.4, -0.2) is 43.4 Å². The molecule has 1 aromatic carbocycles. The van der Waals surface area contributed by atoms with Gasteiger partial charge >= 0.3 is 12.1 Å². The second-order valence-corrected chi connectivity index (χ2v) is 8.97. The van der Waals surface area contributed by atoms with Crippen LogP contribution in [0.4, 0.5) is 10.6 Å². The summed E-state index contributed by atoms with van der Waals surface area (Å²) in [4.78, 5) is 23.9. The van der Waals surface area contributed by atoms with Crippen LogP contribution >= 0.6 is 15.9 Å². The number of nitrogens with one attached hydrogen (secondary N) is 1. The number of carboxylic acid groups (broad SMARTS) is 1. The summed E-state index contributed by atoms with van der Waals surface area (Å²) in [6.07, 6.45) is 0.760. The lowest BCUT2D eigenvalue weighted by molar-refractivity contribution is 0.0700. The smallest absolute Gasteiger partial charge is 0.404 e. The number of carbonyl (C=O) groups is 1. The fraction of sp³-hybridized carbons (Fsp3) is 0.400. The van der Waals surface area contributed by atoms with E-state index in [9.17, 15) is 4.79 Å². The van der Waals surface area contributed by atoms with E-state index in [0.717, 1.165) is 10.0 Å². The minimum absolute atomic E-state index is 0.145. The Hall–Kier alpha value is -2.88. The van der Waals surface area contributed by atoms with Gasteiger partial charge in [0, 0.05) is 17.4 Å². The number of hydrogen-bond donors (Lipinski definition) is 3. The lowest BCUT2D eigenvalue weighted by atomic mass is 9.87. The number of amides is 1. The van der Waals surface area contributed by atoms with Crippen molar-refractivity contribution in [2.75, 3.05) is 12.3 Å². The number of fused-ring (bicyclic) bond motifs is 1. The Labute approximate surface area is 182 Å². The Morgan fingerprint density at radius 2 is 2.13 bits per heavy atom. The molecular formula is C20H25BrN6O3. The zero-order valence-electron chi connectivity index (χ0n) is 17.1. The molecule has 0 radical (unpaired) electrons. The molecule has 1 unspecified atom stereocenters. The maximum absolute atomic E-state index is 10.8. The molecule has 10 heteroatoms. The molecule has 3 rings (SSSR count). The molecule has 30 heavy (non-hydrogen) atoms. The topological polar surface area (TPSA) is 128 Å². The van der Waals surface area contributed by atoms with Crippen LogP contribution < -0.4 is 15.8 Å². The lowest BCUT2D eigenvalue weighted by Crippen LogP contribution is -2.36. The van der Waals surface area contributed by atoms with E-state index < -0.39 is 6.09 Å². The van der Waals surface area contributed by atoms with Crippen molar-refractivity contribution in [3.63, 3.8) is 0 Å². The van der Waals surface area contributed by atoms with Crippen molar-refractivity contribution in [1.29, 1.82) is 0 Å². The molecular weight excluding hydrogens is 452 g/mol. The van der Waals surface area contributed by atoms with Gasteiger partial charge in [-0.05, 0) is 23.1 Å². The molecule has 0 saturated carbocycles. The van der Waals surface area contributed by atoms with Crippen LogP contribution in [0.5, 0.6) is 6.01 Å². The van der Waals surface area contributed by atoms with Gasteiger partial charge in [0.15, 0.2) is 17.0 Å². The summed E-state index contributed by atoms with van der Waals surface area (Å²) >= 11 is 3.48. The third kappa shape index (κ3) is 5.38. The first kappa shape index (κ1) is 21.8. The molecule has 9 nitrogen and oxygen atoms in total. The van der Waals surface area contributed by atoms with Crippen molar-refractivity contribution in [2.24, 2.45) is 5.41 Å². The first-order valence-electron chi connectivity index (χ1n) is 9.49. The molecule has 0 aliphatic heterocycles. The van der Waals surface area contributed by atoms with E-state index in [0.29, 0.717) is 24.1 Å². The Morgan fingerprint density at radius 1 is 1.37 bits per heavy atom. The first-order valence-corrected chi connectivity index (χ1v) is 10.3. The quantitative estimate of drug-likeness (QED) is 0.474. The van der Waals surface area contributed by atoms with Crippen LogP contribution in [0.25, 0.3) is 11.2 Å². The van der Waals surface area contributed by atoms with E-state index in [-0.39, 0.29) is 29.9 Å². The van der Waals surface area contributed by atoms with E-state index >= 15 is 0 Å². The van der Waals surface area contributed by atoms with Crippen molar-refractivity contribution in [1.82, 2.24) is 24.8 Å². The average molecular weight is 477 g/mol. The number of rotatable bonds is 7. The van der Waals surface area contributed by atoms with Crippen molar-refractivity contribution in [3.05, 3.63) is 40.6 Å². The van der Waals surface area contributed by atoms with Crippen molar-refractivity contribution in [3.8, 4) is 6.01 Å². The van der Waals surface area contributed by atoms with Crippen molar-refractivity contribution in [2.45, 2.75) is 39.8 Å². The van der Waals surface area contributed by atoms with Crippen LogP contribution in [0.1, 0.15) is 32.8 Å². The maximum Gasteiger partial charge on any atom is 0.404 e. The van der Waals surface area contributed by atoms with Gasteiger partial charge in [-0.15, -0.1) is 0 Å². The number of halogens is 1. The SMILES string of the molecule is CC(C)(C)C(CCNC(=O)O)Oc1nc(N)c2ncn(Cc3cccc(Br)c3)c2n1. The zero-order chi connectivity index (χ0) is 21.9. The molecule has 0 aliphatic carbocycles. The molecule has 0 fully saturated rings. The van der Waals surface area contributed by atoms with Crippen LogP contribution in [0.15, 0.2) is 35.1 Å². The largest absolute Gasteiger partial charge is 0.465 e. The summed E-state index contributed by atoms with van der Waals surface area (Å²) in [5.74, 6) is 0.235. The summed E-state index contributed by atoms with van der Waals surface area (Å²) in [5.41, 5.74) is 8.02. The average Bonchev–Trinajstić information content (AvgIpc) is 3.03. The number of hydrogen-bond acceptors (Lipinski definition) is 6. The van der Waals surface area contributed by atoms with E-state index in [1.807, 2.05) is 49.6 Å². The van der Waals surface area contributed by atoms with Gasteiger partial charge in [-0.25, -0.2) is 9.78 Å². The van der Waals surface area contributed by atoms with Crippen molar-refractivity contribution < 1.29 is 14.6 Å². The minimum atomic E-state index is -1.07. The molecule has 2 heterocycles. The lowest BCUT2D eigenvalue weighted by Gasteiger charge is -2.30. The number of aromatic nitrogens is 4. The Bertz CT molecular complexity index is 1050. The summed E-state index contributed by atoms with van der Waals surface area (Å²) < 4.78 is 8.94. The van der Waals surface area contributed by atoms with Crippen molar-refractivity contribution >= 4 is 39.0 Å². The normalized spacial score (nSPS) is 12.7. The number of benzene rings is 1. The maximum atomic E-state index is 10.8. The molecule has 4 N–H and O–H groups in total. The fourth-order valence-corrected chi connectivity index (χ4v) is 3.50. The molecule has 0 bridgehead atoms. The van der Waals surface area contributed by atoms with Gasteiger partial charge in [0.1, 0.15) is 6.10 Å². The summed E-state index contributed by atoms with van der Waals surface area (Å²) in [5, 5.41) is 11.2. The van der Waals surface area contributed by atoms with Gasteiger partial charge in [0.25, 0.3) is 0 Å². The molecule has 0 aliphatic rings. The summed E-state index contributed by atoms with van der Waals surface area (Å²) in [7, 11) is 0. The zero-order valence-corrected chi connectivity index (χ0v) is 18.7. The molecule has 1 amide bonds. The molecule has 1 atom stereocenters. The van der Waals surface area contributed by atoms with Gasteiger partial charge in [0.2, 0.25) is 0 Å². The molecule has 3 aromatic rings. The number of anilines is 1. The monoisotopic (exact) mass is 476 g/mol. The van der Waals surface area contributed by atoms with E-state index in [1.165, 1.54) is 0 Å². The Kier molecular flexibility index (Phi) is 6.45. The number of ether oxygens (including phenoxy) is 1. The van der Waals surface area contributed by atoms with E-state index in [2.05, 4.69) is 36.2 Å². The number of nitrogen functional groups attached to an aromatic ring is 1. The number of nitrogens with two attached hydrogens (primary N) is 1. The van der Waals surface area contributed by atoms with Crippen LogP contribution in [0, 0.1) is 5.41 Å². The molecule has 0 saturated heterocycles. The predicted molar refractivity (Wildman–Crippen MR) is 117 cm³/mol. The van der Waals surface area contributed by atoms with E-state index in [4.69, 9.17) is 15.6 Å². The Morgan fingerprint density at radius 3 is 2.80 bits per heavy atom. The number of nitrogens with zero attached hydrogens (tertiary/aromatic N) is 4. The molecule has 2 aromatic heterocycles. The Balaban J connectivity index is 1.87. The highest BCUT2D eigenvalue weighted by atomic mass is 79.9. The second kappa shape index (κ2) is 8.86.